The van der Waals surface area contributed by atoms with E-state index in [1.807, 2.05) is 62.6 Å². The van der Waals surface area contributed by atoms with Crippen molar-refractivity contribution in [3.05, 3.63) is 58.4 Å². The highest BCUT2D eigenvalue weighted by Crippen LogP contribution is 2.34. The summed E-state index contributed by atoms with van der Waals surface area (Å²) < 4.78 is 7.36. The molecule has 0 N–H and O–H groups in total. The third-order valence-electron chi connectivity index (χ3n) is 4.56. The van der Waals surface area contributed by atoms with Crippen LogP contribution in [0.3, 0.4) is 0 Å². The van der Waals surface area contributed by atoms with Crippen LogP contribution in [-0.2, 0) is 16.1 Å². The average Bonchev–Trinajstić information content (AvgIpc) is 3.04. The van der Waals surface area contributed by atoms with Gasteiger partial charge >= 0.3 is 5.97 Å². The van der Waals surface area contributed by atoms with Crippen LogP contribution >= 0.6 is 0 Å². The van der Waals surface area contributed by atoms with E-state index < -0.39 is 0 Å². The van der Waals surface area contributed by atoms with Gasteiger partial charge in [0, 0.05) is 17.8 Å². The summed E-state index contributed by atoms with van der Waals surface area (Å²) in [4.78, 5) is 25.3. The number of benzene rings is 1. The summed E-state index contributed by atoms with van der Waals surface area (Å²) in [6, 6.07) is 9.58. The molecule has 0 aliphatic carbocycles. The van der Waals surface area contributed by atoms with Gasteiger partial charge in [-0.15, -0.1) is 0 Å². The Labute approximate surface area is 142 Å². The van der Waals surface area contributed by atoms with Crippen LogP contribution in [0, 0.1) is 13.8 Å². The topological polar surface area (TPSA) is 48.3 Å². The monoisotopic (exact) mass is 325 g/mol. The van der Waals surface area contributed by atoms with Crippen molar-refractivity contribution in [2.45, 2.75) is 52.7 Å². The zero-order chi connectivity index (χ0) is 17.4. The number of hydrogen-bond donors (Lipinski definition) is 0. The van der Waals surface area contributed by atoms with Crippen LogP contribution in [0.4, 0.5) is 0 Å². The molecule has 0 saturated carbocycles. The number of ketones is 1. The lowest BCUT2D eigenvalue weighted by Gasteiger charge is -2.12. The molecule has 1 aliphatic heterocycles. The molecule has 2 aromatic rings. The average molecular weight is 325 g/mol. The van der Waals surface area contributed by atoms with Gasteiger partial charge in [-0.25, -0.2) is 0 Å². The first-order valence-electron chi connectivity index (χ1n) is 8.41. The van der Waals surface area contributed by atoms with Gasteiger partial charge in [-0.3, -0.25) is 9.59 Å². The number of fused-ring (bicyclic) bond motifs is 1. The van der Waals surface area contributed by atoms with Gasteiger partial charge in [-0.1, -0.05) is 24.3 Å². The molecule has 0 fully saturated rings. The molecule has 0 amide bonds. The van der Waals surface area contributed by atoms with E-state index in [0.29, 0.717) is 18.7 Å². The second-order valence-electron chi connectivity index (χ2n) is 6.72. The van der Waals surface area contributed by atoms with Crippen LogP contribution in [0.5, 0.6) is 0 Å². The Morgan fingerprint density at radius 2 is 1.88 bits per heavy atom. The van der Waals surface area contributed by atoms with E-state index in [0.717, 1.165) is 22.4 Å². The fraction of sp³-hybridized carbons (Fsp3) is 0.400. The van der Waals surface area contributed by atoms with Gasteiger partial charge in [0.15, 0.2) is 0 Å². The molecule has 4 nitrogen and oxygen atoms in total. The quantitative estimate of drug-likeness (QED) is 0.635. The Bertz CT molecular complexity index is 801. The standard InChI is InChI=1S/C20H23NO3/c1-12(2)24-20(23)16-9-10-21-17(16)11-14(4)18(21)19(22)15-8-6-5-7-13(15)3/h5-8,11-12,16H,9-10H2,1-4H3. The largest absolute Gasteiger partial charge is 0.462 e. The SMILES string of the molecule is Cc1ccccc1C(=O)c1c(C)cc2n1CCC2C(=O)OC(C)C. The van der Waals surface area contributed by atoms with Gasteiger partial charge in [0.05, 0.1) is 17.7 Å². The van der Waals surface area contributed by atoms with Gasteiger partial charge in [-0.05, 0) is 51.3 Å². The molecule has 1 unspecified atom stereocenters. The molecule has 1 aliphatic rings. The Kier molecular flexibility index (Phi) is 4.31. The van der Waals surface area contributed by atoms with Crippen molar-refractivity contribution in [1.29, 1.82) is 0 Å². The predicted octanol–water partition coefficient (Wildman–Crippen LogP) is 3.77. The molecule has 4 heteroatoms. The minimum Gasteiger partial charge on any atom is -0.462 e. The minimum atomic E-state index is -0.274. The second-order valence-corrected chi connectivity index (χ2v) is 6.72. The maximum absolute atomic E-state index is 13.0. The van der Waals surface area contributed by atoms with Gasteiger partial charge in [-0.2, -0.15) is 0 Å². The van der Waals surface area contributed by atoms with Crippen LogP contribution in [0.25, 0.3) is 0 Å². The highest BCUT2D eigenvalue weighted by Gasteiger charge is 2.34. The number of esters is 1. The Hall–Kier alpha value is -2.36. The predicted molar refractivity (Wildman–Crippen MR) is 92.4 cm³/mol. The second kappa shape index (κ2) is 6.27. The number of carbonyl (C=O) groups excluding carboxylic acids is 2. The van der Waals surface area contributed by atoms with Crippen LogP contribution in [0.15, 0.2) is 30.3 Å². The van der Waals surface area contributed by atoms with E-state index in [2.05, 4.69) is 0 Å². The van der Waals surface area contributed by atoms with Crippen molar-refractivity contribution in [2.75, 3.05) is 0 Å². The summed E-state index contributed by atoms with van der Waals surface area (Å²) >= 11 is 0. The third kappa shape index (κ3) is 2.77. The molecule has 24 heavy (non-hydrogen) atoms. The summed E-state index contributed by atoms with van der Waals surface area (Å²) in [5, 5.41) is 0. The van der Waals surface area contributed by atoms with E-state index in [-0.39, 0.29) is 23.8 Å². The summed E-state index contributed by atoms with van der Waals surface area (Å²) in [7, 11) is 0. The molecule has 0 spiro atoms. The van der Waals surface area contributed by atoms with E-state index in [1.165, 1.54) is 0 Å². The zero-order valence-electron chi connectivity index (χ0n) is 14.6. The van der Waals surface area contributed by atoms with Crippen LogP contribution in [0.1, 0.15) is 59.1 Å². The van der Waals surface area contributed by atoms with Crippen molar-refractivity contribution in [2.24, 2.45) is 0 Å². The number of aromatic nitrogens is 1. The van der Waals surface area contributed by atoms with Gasteiger partial charge in [0.25, 0.3) is 0 Å². The van der Waals surface area contributed by atoms with Crippen molar-refractivity contribution < 1.29 is 14.3 Å². The van der Waals surface area contributed by atoms with E-state index in [1.54, 1.807) is 0 Å². The first kappa shape index (κ1) is 16.5. The molecule has 3 rings (SSSR count). The Morgan fingerprint density at radius 3 is 2.54 bits per heavy atom. The molecule has 0 bridgehead atoms. The number of carbonyl (C=O) groups is 2. The molecular formula is C20H23NO3. The fourth-order valence-corrected chi connectivity index (χ4v) is 3.46. The molecule has 0 saturated heterocycles. The molecule has 1 atom stereocenters. The molecule has 1 aromatic carbocycles. The maximum atomic E-state index is 13.0. The Balaban J connectivity index is 1.98. The van der Waals surface area contributed by atoms with Crippen molar-refractivity contribution in [3.63, 3.8) is 0 Å². The van der Waals surface area contributed by atoms with Crippen LogP contribution < -0.4 is 0 Å². The normalized spacial score (nSPS) is 16.3. The highest BCUT2D eigenvalue weighted by molar-refractivity contribution is 6.10. The number of hydrogen-bond acceptors (Lipinski definition) is 3. The minimum absolute atomic E-state index is 0.0229. The summed E-state index contributed by atoms with van der Waals surface area (Å²) in [6.07, 6.45) is 0.561. The number of aryl methyl sites for hydroxylation is 2. The van der Waals surface area contributed by atoms with Gasteiger partial charge in [0.2, 0.25) is 5.78 Å². The number of rotatable bonds is 4. The summed E-state index contributed by atoms with van der Waals surface area (Å²) in [6.45, 7) is 8.25. The lowest BCUT2D eigenvalue weighted by Crippen LogP contribution is -2.18. The molecule has 0 radical (unpaired) electrons. The van der Waals surface area contributed by atoms with Crippen LogP contribution in [-0.4, -0.2) is 22.4 Å². The zero-order valence-corrected chi connectivity index (χ0v) is 14.6. The van der Waals surface area contributed by atoms with E-state index in [4.69, 9.17) is 4.74 Å². The first-order valence-corrected chi connectivity index (χ1v) is 8.41. The molecule has 2 heterocycles. The maximum Gasteiger partial charge on any atom is 0.315 e. The Morgan fingerprint density at radius 1 is 1.17 bits per heavy atom. The van der Waals surface area contributed by atoms with Gasteiger partial charge in [0.1, 0.15) is 0 Å². The number of ether oxygens (including phenoxy) is 1. The van der Waals surface area contributed by atoms with E-state index >= 15 is 0 Å². The van der Waals surface area contributed by atoms with Gasteiger partial charge < -0.3 is 9.30 Å². The smallest absolute Gasteiger partial charge is 0.315 e. The van der Waals surface area contributed by atoms with Crippen LogP contribution in [0.2, 0.25) is 0 Å². The first-order chi connectivity index (χ1) is 11.4. The lowest BCUT2D eigenvalue weighted by molar-refractivity contribution is -0.149. The van der Waals surface area contributed by atoms with Crippen molar-refractivity contribution in [3.8, 4) is 0 Å². The molecule has 126 valence electrons. The van der Waals surface area contributed by atoms with Crippen molar-refractivity contribution >= 4 is 11.8 Å². The molecular weight excluding hydrogens is 302 g/mol. The summed E-state index contributed by atoms with van der Waals surface area (Å²) in [5.74, 6) is -0.449. The van der Waals surface area contributed by atoms with E-state index in [9.17, 15) is 9.59 Å². The van der Waals surface area contributed by atoms with Crippen molar-refractivity contribution in [1.82, 2.24) is 4.57 Å². The lowest BCUT2D eigenvalue weighted by atomic mass is 10.00. The highest BCUT2D eigenvalue weighted by atomic mass is 16.5. The molecule has 1 aromatic heterocycles. The summed E-state index contributed by atoms with van der Waals surface area (Å²) in [5.41, 5.74) is 4.19. The fourth-order valence-electron chi connectivity index (χ4n) is 3.46. The third-order valence-corrected chi connectivity index (χ3v) is 4.56. The number of nitrogens with zero attached hydrogens (tertiary/aromatic N) is 1.